The lowest BCUT2D eigenvalue weighted by Crippen LogP contribution is -2.50. The molecule has 1 aromatic rings. The molecular formula is C17H18F2O. The molecule has 3 heteroatoms. The van der Waals surface area contributed by atoms with E-state index in [1.807, 2.05) is 0 Å². The van der Waals surface area contributed by atoms with E-state index in [1.165, 1.54) is 31.4 Å². The van der Waals surface area contributed by atoms with Crippen molar-refractivity contribution in [1.82, 2.24) is 0 Å². The Kier molecular flexibility index (Phi) is 2.57. The van der Waals surface area contributed by atoms with Crippen LogP contribution in [0.2, 0.25) is 0 Å². The van der Waals surface area contributed by atoms with Crippen LogP contribution in [0.15, 0.2) is 18.2 Å². The van der Waals surface area contributed by atoms with E-state index >= 15 is 0 Å². The van der Waals surface area contributed by atoms with Gasteiger partial charge in [0.05, 0.1) is 0 Å². The fourth-order valence-electron chi connectivity index (χ4n) is 5.38. The van der Waals surface area contributed by atoms with E-state index in [1.54, 1.807) is 0 Å². The van der Waals surface area contributed by atoms with Crippen LogP contribution in [0.5, 0.6) is 0 Å². The van der Waals surface area contributed by atoms with Crippen molar-refractivity contribution >= 4 is 5.78 Å². The zero-order chi connectivity index (χ0) is 13.9. The van der Waals surface area contributed by atoms with Crippen molar-refractivity contribution in [1.29, 1.82) is 0 Å². The average Bonchev–Trinajstić information content (AvgIpc) is 2.35. The van der Waals surface area contributed by atoms with E-state index in [2.05, 4.69) is 0 Å². The summed E-state index contributed by atoms with van der Waals surface area (Å²) in [5, 5.41) is 0. The van der Waals surface area contributed by atoms with E-state index in [-0.39, 0.29) is 16.8 Å². The standard InChI is InChI=1S/C17H18F2O/c18-14-4-13(5-15(19)6-14)16(20)17-7-10-1-11(8-17)3-12(2-10)9-17/h4-6,10-12H,1-3,7-9H2. The molecule has 0 saturated heterocycles. The molecule has 0 radical (unpaired) electrons. The largest absolute Gasteiger partial charge is 0.294 e. The summed E-state index contributed by atoms with van der Waals surface area (Å²) in [6.45, 7) is 0. The molecule has 4 bridgehead atoms. The smallest absolute Gasteiger partial charge is 0.169 e. The summed E-state index contributed by atoms with van der Waals surface area (Å²) < 4.78 is 26.7. The number of hydrogen-bond donors (Lipinski definition) is 0. The molecule has 0 aliphatic heterocycles. The van der Waals surface area contributed by atoms with Crippen molar-refractivity contribution in [2.45, 2.75) is 38.5 Å². The Balaban J connectivity index is 1.71. The van der Waals surface area contributed by atoms with E-state index in [9.17, 15) is 13.6 Å². The van der Waals surface area contributed by atoms with Gasteiger partial charge in [-0.2, -0.15) is 0 Å². The van der Waals surface area contributed by atoms with Gasteiger partial charge < -0.3 is 0 Å². The van der Waals surface area contributed by atoms with Gasteiger partial charge in [0.2, 0.25) is 0 Å². The number of benzene rings is 1. The Hall–Kier alpha value is -1.25. The minimum atomic E-state index is -0.655. The highest BCUT2D eigenvalue weighted by molar-refractivity contribution is 6.00. The second kappa shape index (κ2) is 4.12. The molecule has 1 aromatic carbocycles. The van der Waals surface area contributed by atoms with Crippen molar-refractivity contribution in [3.63, 3.8) is 0 Å². The van der Waals surface area contributed by atoms with Crippen molar-refractivity contribution in [3.8, 4) is 0 Å². The van der Waals surface area contributed by atoms with Gasteiger partial charge in [-0.25, -0.2) is 8.78 Å². The number of Topliss-reactive ketones (excluding diaryl/α,β-unsaturated/α-hetero) is 1. The zero-order valence-corrected chi connectivity index (χ0v) is 11.4. The molecule has 0 amide bonds. The molecule has 0 atom stereocenters. The van der Waals surface area contributed by atoms with Crippen molar-refractivity contribution < 1.29 is 13.6 Å². The molecule has 20 heavy (non-hydrogen) atoms. The molecule has 5 rings (SSSR count). The SMILES string of the molecule is O=C(c1cc(F)cc(F)c1)C12CC3CC(CC(C3)C1)C2. The second-order valence-corrected chi connectivity index (χ2v) is 7.19. The van der Waals surface area contributed by atoms with Gasteiger partial charge in [-0.3, -0.25) is 4.79 Å². The van der Waals surface area contributed by atoms with Gasteiger partial charge in [0, 0.05) is 17.0 Å². The third-order valence-electron chi connectivity index (χ3n) is 5.64. The second-order valence-electron chi connectivity index (χ2n) is 7.19. The van der Waals surface area contributed by atoms with Crippen LogP contribution in [-0.4, -0.2) is 5.78 Å². The van der Waals surface area contributed by atoms with Gasteiger partial charge in [-0.15, -0.1) is 0 Å². The first kappa shape index (κ1) is 12.5. The average molecular weight is 276 g/mol. The Morgan fingerprint density at radius 2 is 1.35 bits per heavy atom. The molecule has 0 N–H and O–H groups in total. The summed E-state index contributed by atoms with van der Waals surface area (Å²) in [5.41, 5.74) is -0.0981. The summed E-state index contributed by atoms with van der Waals surface area (Å²) in [5.74, 6) is 0.641. The molecule has 4 aliphatic rings. The summed E-state index contributed by atoms with van der Waals surface area (Å²) in [4.78, 5) is 12.9. The summed E-state index contributed by atoms with van der Waals surface area (Å²) in [6, 6.07) is 3.23. The minimum absolute atomic E-state index is 0.0185. The van der Waals surface area contributed by atoms with Crippen LogP contribution in [0.3, 0.4) is 0 Å². The number of hydrogen-bond acceptors (Lipinski definition) is 1. The highest BCUT2D eigenvalue weighted by Crippen LogP contribution is 2.60. The molecular weight excluding hydrogens is 258 g/mol. The van der Waals surface area contributed by atoms with E-state index in [4.69, 9.17) is 0 Å². The van der Waals surface area contributed by atoms with Crippen molar-refractivity contribution in [2.75, 3.05) is 0 Å². The molecule has 1 nitrogen and oxygen atoms in total. The highest BCUT2D eigenvalue weighted by Gasteiger charge is 2.54. The number of ketones is 1. The first-order valence-electron chi connectivity index (χ1n) is 7.55. The summed E-state index contributed by atoms with van der Waals surface area (Å²) in [7, 11) is 0. The van der Waals surface area contributed by atoms with Gasteiger partial charge in [-0.1, -0.05) is 0 Å². The Bertz CT molecular complexity index is 523. The van der Waals surface area contributed by atoms with Gasteiger partial charge >= 0.3 is 0 Å². The lowest BCUT2D eigenvalue weighted by molar-refractivity contribution is -0.0353. The molecule has 106 valence electrons. The number of carbonyl (C=O) groups is 1. The quantitative estimate of drug-likeness (QED) is 0.733. The number of halogens is 2. The Labute approximate surface area is 117 Å². The van der Waals surface area contributed by atoms with Gasteiger partial charge in [0.1, 0.15) is 11.6 Å². The minimum Gasteiger partial charge on any atom is -0.294 e. The van der Waals surface area contributed by atoms with Crippen LogP contribution in [0.4, 0.5) is 8.78 Å². The van der Waals surface area contributed by atoms with E-state index in [0.717, 1.165) is 25.3 Å². The van der Waals surface area contributed by atoms with Crippen LogP contribution in [0, 0.1) is 34.8 Å². The normalized spacial score (nSPS) is 38.2. The van der Waals surface area contributed by atoms with Gasteiger partial charge in [0.15, 0.2) is 5.78 Å². The Morgan fingerprint density at radius 3 is 1.80 bits per heavy atom. The maximum Gasteiger partial charge on any atom is 0.169 e. The monoisotopic (exact) mass is 276 g/mol. The predicted molar refractivity (Wildman–Crippen MR) is 71.3 cm³/mol. The van der Waals surface area contributed by atoms with Gasteiger partial charge in [0.25, 0.3) is 0 Å². The van der Waals surface area contributed by atoms with E-state index < -0.39 is 11.6 Å². The molecule has 0 aromatic heterocycles. The number of rotatable bonds is 2. The fourth-order valence-corrected chi connectivity index (χ4v) is 5.38. The Morgan fingerprint density at radius 1 is 0.900 bits per heavy atom. The lowest BCUT2D eigenvalue weighted by Gasteiger charge is -2.56. The lowest BCUT2D eigenvalue weighted by atomic mass is 9.48. The maximum absolute atomic E-state index is 13.4. The number of carbonyl (C=O) groups excluding carboxylic acids is 1. The molecule has 4 fully saturated rings. The maximum atomic E-state index is 13.4. The van der Waals surface area contributed by atoms with Crippen LogP contribution in [0.1, 0.15) is 48.9 Å². The predicted octanol–water partition coefficient (Wildman–Crippen LogP) is 4.36. The van der Waals surface area contributed by atoms with Gasteiger partial charge in [-0.05, 0) is 68.4 Å². The van der Waals surface area contributed by atoms with Crippen LogP contribution in [0.25, 0.3) is 0 Å². The molecule has 0 heterocycles. The van der Waals surface area contributed by atoms with Crippen molar-refractivity contribution in [3.05, 3.63) is 35.4 Å². The fraction of sp³-hybridized carbons (Fsp3) is 0.588. The van der Waals surface area contributed by atoms with Crippen LogP contribution >= 0.6 is 0 Å². The van der Waals surface area contributed by atoms with Crippen LogP contribution in [-0.2, 0) is 0 Å². The van der Waals surface area contributed by atoms with Crippen molar-refractivity contribution in [2.24, 2.45) is 23.2 Å². The third kappa shape index (κ3) is 1.82. The molecule has 0 unspecified atom stereocenters. The topological polar surface area (TPSA) is 17.1 Å². The first-order chi connectivity index (χ1) is 9.54. The zero-order valence-electron chi connectivity index (χ0n) is 11.4. The van der Waals surface area contributed by atoms with Crippen LogP contribution < -0.4 is 0 Å². The summed E-state index contributed by atoms with van der Waals surface area (Å²) in [6.07, 6.45) is 6.54. The third-order valence-corrected chi connectivity index (χ3v) is 5.64. The van der Waals surface area contributed by atoms with E-state index in [0.29, 0.717) is 17.8 Å². The highest BCUT2D eigenvalue weighted by atomic mass is 19.1. The molecule has 4 aliphatic carbocycles. The molecule has 0 spiro atoms. The first-order valence-corrected chi connectivity index (χ1v) is 7.55. The molecule has 4 saturated carbocycles. The summed E-state index contributed by atoms with van der Waals surface area (Å²) >= 11 is 0.